The number of aliphatic hydroxyl groups is 2. The van der Waals surface area contributed by atoms with Gasteiger partial charge in [-0.05, 0) is 97.8 Å². The third-order valence-corrected chi connectivity index (χ3v) is 9.65. The van der Waals surface area contributed by atoms with Gasteiger partial charge in [0.25, 0.3) is 0 Å². The number of fused-ring (bicyclic) bond motifs is 6. The first-order valence-electron chi connectivity index (χ1n) is 12.0. The van der Waals surface area contributed by atoms with Gasteiger partial charge in [-0.15, -0.1) is 0 Å². The highest BCUT2D eigenvalue weighted by molar-refractivity contribution is 5.61. The molecule has 3 saturated carbocycles. The third kappa shape index (κ3) is 2.64. The zero-order valence-corrected chi connectivity index (χ0v) is 18.9. The number of rotatable bonds is 1. The van der Waals surface area contributed by atoms with Gasteiger partial charge in [-0.3, -0.25) is 0 Å². The smallest absolute Gasteiger partial charge is 0.0700 e. The number of nitrogens with zero attached hydrogens (tertiary/aromatic N) is 2. The number of benzene rings is 1. The number of aromatic nitrogens is 2. The average Bonchev–Trinajstić information content (AvgIpc) is 3.26. The van der Waals surface area contributed by atoms with Crippen molar-refractivity contribution in [3.8, 4) is 5.69 Å². The van der Waals surface area contributed by atoms with E-state index in [9.17, 15) is 10.2 Å². The molecule has 164 valence electrons. The van der Waals surface area contributed by atoms with Crippen LogP contribution >= 0.6 is 0 Å². The van der Waals surface area contributed by atoms with Crippen molar-refractivity contribution in [1.82, 2.24) is 9.78 Å². The number of allylic oxidation sites excluding steroid dienone is 1. The largest absolute Gasteiger partial charge is 0.393 e. The van der Waals surface area contributed by atoms with Gasteiger partial charge in [0.2, 0.25) is 0 Å². The van der Waals surface area contributed by atoms with Crippen molar-refractivity contribution >= 4 is 6.08 Å². The second-order valence-corrected chi connectivity index (χ2v) is 11.3. The minimum absolute atomic E-state index is 0.0225. The molecule has 2 N–H and O–H groups in total. The molecule has 0 amide bonds. The van der Waals surface area contributed by atoms with Crippen LogP contribution in [0.15, 0.2) is 36.0 Å². The minimum atomic E-state index is -0.346. The number of aliphatic hydroxyl groups excluding tert-OH is 2. The molecule has 5 unspecified atom stereocenters. The Balaban J connectivity index is 1.39. The summed E-state index contributed by atoms with van der Waals surface area (Å²) in [5.41, 5.74) is 6.20. The first kappa shape index (κ1) is 19.8. The van der Waals surface area contributed by atoms with E-state index in [1.54, 1.807) is 0 Å². The van der Waals surface area contributed by atoms with Crippen molar-refractivity contribution in [2.75, 3.05) is 0 Å². The van der Waals surface area contributed by atoms with E-state index < -0.39 is 0 Å². The van der Waals surface area contributed by atoms with Gasteiger partial charge in [0.05, 0.1) is 29.8 Å². The molecule has 2 aromatic rings. The second-order valence-electron chi connectivity index (χ2n) is 11.3. The zero-order valence-electron chi connectivity index (χ0n) is 18.9. The molecule has 4 aliphatic carbocycles. The van der Waals surface area contributed by atoms with Crippen LogP contribution in [0, 0.1) is 35.5 Å². The van der Waals surface area contributed by atoms with E-state index in [4.69, 9.17) is 5.10 Å². The molecular weight excluding hydrogens is 384 g/mol. The minimum Gasteiger partial charge on any atom is -0.393 e. The summed E-state index contributed by atoms with van der Waals surface area (Å²) in [6.45, 7) is 6.73. The Morgan fingerprint density at radius 3 is 2.61 bits per heavy atom. The molecule has 1 aromatic carbocycles. The van der Waals surface area contributed by atoms with Crippen LogP contribution in [0.3, 0.4) is 0 Å². The van der Waals surface area contributed by atoms with Crippen molar-refractivity contribution in [3.63, 3.8) is 0 Å². The normalized spacial score (nSPS) is 41.1. The van der Waals surface area contributed by atoms with Crippen LogP contribution in [-0.4, -0.2) is 32.2 Å². The van der Waals surface area contributed by atoms with E-state index in [0.29, 0.717) is 11.8 Å². The molecule has 4 heteroatoms. The van der Waals surface area contributed by atoms with Crippen LogP contribution in [0.1, 0.15) is 62.8 Å². The van der Waals surface area contributed by atoms with Crippen LogP contribution in [0.4, 0.5) is 0 Å². The standard InChI is InChI=1S/C27H34N2O2/c1-16-4-7-19(8-5-16)29-22-12-18-6-9-20-21-10-11-24(31)27(21,3)14-23(30)25(20)26(18,2)13-17(22)15-28-29/h4-5,7-8,12,15,20-21,23-25,30-31H,6,9-11,13-14H2,1-3H3/t20?,21?,23-,24+,25?,26?,27?/m0/s1. The summed E-state index contributed by atoms with van der Waals surface area (Å²) in [5.74, 6) is 1.31. The second kappa shape index (κ2) is 6.55. The molecule has 0 spiro atoms. The number of hydrogen-bond acceptors (Lipinski definition) is 3. The topological polar surface area (TPSA) is 58.3 Å². The maximum atomic E-state index is 11.4. The Morgan fingerprint density at radius 2 is 1.84 bits per heavy atom. The molecule has 4 nitrogen and oxygen atoms in total. The van der Waals surface area contributed by atoms with E-state index in [2.05, 4.69) is 55.8 Å². The maximum Gasteiger partial charge on any atom is 0.0700 e. The van der Waals surface area contributed by atoms with Gasteiger partial charge in [-0.25, -0.2) is 4.68 Å². The van der Waals surface area contributed by atoms with Crippen LogP contribution in [0.25, 0.3) is 11.8 Å². The summed E-state index contributed by atoms with van der Waals surface area (Å²) in [7, 11) is 0. The van der Waals surface area contributed by atoms with E-state index in [1.165, 1.54) is 22.4 Å². The third-order valence-electron chi connectivity index (χ3n) is 9.65. The molecule has 6 rings (SSSR count). The van der Waals surface area contributed by atoms with Crippen LogP contribution in [-0.2, 0) is 6.42 Å². The molecule has 1 heterocycles. The summed E-state index contributed by atoms with van der Waals surface area (Å²) in [5, 5.41) is 26.9. The van der Waals surface area contributed by atoms with Crippen molar-refractivity contribution < 1.29 is 10.2 Å². The van der Waals surface area contributed by atoms with Gasteiger partial charge in [-0.1, -0.05) is 37.1 Å². The summed E-state index contributed by atoms with van der Waals surface area (Å²) in [4.78, 5) is 0. The Hall–Kier alpha value is -1.91. The molecule has 4 aliphatic rings. The van der Waals surface area contributed by atoms with Gasteiger partial charge in [0.1, 0.15) is 0 Å². The predicted molar refractivity (Wildman–Crippen MR) is 122 cm³/mol. The summed E-state index contributed by atoms with van der Waals surface area (Å²) >= 11 is 0. The van der Waals surface area contributed by atoms with E-state index in [-0.39, 0.29) is 29.0 Å². The SMILES string of the molecule is Cc1ccc(-n2ncc3c2C=C2CCC4C([C@@H](O)CC5(C)C4CC[C@H]5O)C2(C)C3)cc1. The highest BCUT2D eigenvalue weighted by Gasteiger charge is 2.62. The first-order chi connectivity index (χ1) is 14.8. The number of hydrogen-bond donors (Lipinski definition) is 2. The Labute approximate surface area is 185 Å². The summed E-state index contributed by atoms with van der Waals surface area (Å²) < 4.78 is 2.08. The summed E-state index contributed by atoms with van der Waals surface area (Å²) in [6, 6.07) is 8.56. The van der Waals surface area contributed by atoms with Crippen LogP contribution in [0.2, 0.25) is 0 Å². The Kier molecular flexibility index (Phi) is 4.17. The molecule has 0 aliphatic heterocycles. The van der Waals surface area contributed by atoms with E-state index >= 15 is 0 Å². The molecule has 3 fully saturated rings. The molecule has 1 aromatic heterocycles. The van der Waals surface area contributed by atoms with Gasteiger partial charge in [0.15, 0.2) is 0 Å². The average molecular weight is 419 g/mol. The predicted octanol–water partition coefficient (Wildman–Crippen LogP) is 4.69. The van der Waals surface area contributed by atoms with E-state index in [1.807, 2.05) is 6.20 Å². The lowest BCUT2D eigenvalue weighted by Gasteiger charge is -2.59. The molecular formula is C27H34N2O2. The van der Waals surface area contributed by atoms with E-state index in [0.717, 1.165) is 44.2 Å². The lowest BCUT2D eigenvalue weighted by atomic mass is 9.46. The number of aryl methyl sites for hydroxylation is 1. The fourth-order valence-electron chi connectivity index (χ4n) is 8.05. The molecule has 0 saturated heterocycles. The van der Waals surface area contributed by atoms with Gasteiger partial charge in [0, 0.05) is 0 Å². The highest BCUT2D eigenvalue weighted by Crippen LogP contribution is 2.65. The Bertz CT molecular complexity index is 1050. The summed E-state index contributed by atoms with van der Waals surface area (Å²) in [6.07, 6.45) is 9.71. The quantitative estimate of drug-likeness (QED) is 0.706. The fourth-order valence-corrected chi connectivity index (χ4v) is 8.05. The molecule has 0 bridgehead atoms. The van der Waals surface area contributed by atoms with Gasteiger partial charge < -0.3 is 10.2 Å². The first-order valence-corrected chi connectivity index (χ1v) is 12.0. The molecule has 7 atom stereocenters. The van der Waals surface area contributed by atoms with Crippen molar-refractivity contribution in [2.45, 2.75) is 71.5 Å². The fraction of sp³-hybridized carbons (Fsp3) is 0.593. The lowest BCUT2D eigenvalue weighted by Crippen LogP contribution is -2.57. The van der Waals surface area contributed by atoms with Gasteiger partial charge in [-0.2, -0.15) is 5.10 Å². The van der Waals surface area contributed by atoms with Crippen LogP contribution < -0.4 is 0 Å². The van der Waals surface area contributed by atoms with Crippen molar-refractivity contribution in [3.05, 3.63) is 52.9 Å². The molecule has 31 heavy (non-hydrogen) atoms. The van der Waals surface area contributed by atoms with Gasteiger partial charge >= 0.3 is 0 Å². The van der Waals surface area contributed by atoms with Crippen LogP contribution in [0.5, 0.6) is 0 Å². The Morgan fingerprint density at radius 1 is 1.06 bits per heavy atom. The monoisotopic (exact) mass is 418 g/mol. The molecule has 0 radical (unpaired) electrons. The zero-order chi connectivity index (χ0) is 21.5. The maximum absolute atomic E-state index is 11.4. The van der Waals surface area contributed by atoms with Crippen molar-refractivity contribution in [1.29, 1.82) is 0 Å². The van der Waals surface area contributed by atoms with Crippen molar-refractivity contribution in [2.24, 2.45) is 28.6 Å². The lowest BCUT2D eigenvalue weighted by molar-refractivity contribution is -0.136. The highest BCUT2D eigenvalue weighted by atomic mass is 16.3.